The zero-order valence-corrected chi connectivity index (χ0v) is 12.5. The summed E-state index contributed by atoms with van der Waals surface area (Å²) in [6, 6.07) is 0. The van der Waals surface area contributed by atoms with Crippen LogP contribution >= 0.6 is 0 Å². The molecule has 0 N–H and O–H groups in total. The third kappa shape index (κ3) is 9.90. The summed E-state index contributed by atoms with van der Waals surface area (Å²) in [6.45, 7) is 7.21. The lowest BCUT2D eigenvalue weighted by atomic mass is 10.0. The van der Waals surface area contributed by atoms with Crippen molar-refractivity contribution >= 4 is 0 Å². The van der Waals surface area contributed by atoms with E-state index in [1.54, 1.807) is 0 Å². The minimum Gasteiger partial charge on any atom is -0.378 e. The Morgan fingerprint density at radius 1 is 1.06 bits per heavy atom. The van der Waals surface area contributed by atoms with E-state index in [1.807, 2.05) is 0 Å². The first-order valence-corrected chi connectivity index (χ1v) is 8.02. The summed E-state index contributed by atoms with van der Waals surface area (Å²) in [5.41, 5.74) is 0. The van der Waals surface area contributed by atoms with Crippen LogP contribution in [0.15, 0.2) is 0 Å². The molecule has 2 unspecified atom stereocenters. The molecule has 0 aromatic rings. The van der Waals surface area contributed by atoms with E-state index in [1.165, 1.54) is 57.8 Å². The molecule has 18 heavy (non-hydrogen) atoms. The molecule has 0 spiro atoms. The first-order chi connectivity index (χ1) is 8.83. The quantitative estimate of drug-likeness (QED) is 0.356. The lowest BCUT2D eigenvalue weighted by Gasteiger charge is -2.11. The summed E-state index contributed by atoms with van der Waals surface area (Å²) >= 11 is 0. The van der Waals surface area contributed by atoms with Crippen LogP contribution in [0.2, 0.25) is 0 Å². The molecule has 0 aromatic heterocycles. The van der Waals surface area contributed by atoms with Crippen LogP contribution in [-0.2, 0) is 9.47 Å². The molecule has 1 rings (SSSR count). The first-order valence-electron chi connectivity index (χ1n) is 8.02. The van der Waals surface area contributed by atoms with Gasteiger partial charge in [-0.25, -0.2) is 0 Å². The van der Waals surface area contributed by atoms with Gasteiger partial charge in [0.25, 0.3) is 0 Å². The average Bonchev–Trinajstić information content (AvgIpc) is 3.17. The number of rotatable bonds is 13. The van der Waals surface area contributed by atoms with E-state index in [0.29, 0.717) is 12.0 Å². The Balaban J connectivity index is 1.73. The molecule has 2 atom stereocenters. The number of hydrogen-bond acceptors (Lipinski definition) is 2. The van der Waals surface area contributed by atoms with Crippen molar-refractivity contribution in [2.45, 2.75) is 77.7 Å². The van der Waals surface area contributed by atoms with Gasteiger partial charge in [-0.1, -0.05) is 65.2 Å². The maximum atomic E-state index is 5.62. The van der Waals surface area contributed by atoms with Crippen LogP contribution in [0.4, 0.5) is 0 Å². The zero-order valence-electron chi connectivity index (χ0n) is 12.5. The molecule has 0 radical (unpaired) electrons. The van der Waals surface area contributed by atoms with E-state index >= 15 is 0 Å². The lowest BCUT2D eigenvalue weighted by molar-refractivity contribution is 0.0875. The highest BCUT2D eigenvalue weighted by Crippen LogP contribution is 2.14. The Kier molecular flexibility index (Phi) is 9.59. The van der Waals surface area contributed by atoms with E-state index < -0.39 is 0 Å². The molecule has 0 saturated carbocycles. The predicted octanol–water partition coefficient (Wildman–Crippen LogP) is 4.57. The van der Waals surface area contributed by atoms with Gasteiger partial charge in [0.15, 0.2) is 0 Å². The van der Waals surface area contributed by atoms with Crippen LogP contribution < -0.4 is 0 Å². The van der Waals surface area contributed by atoms with Gasteiger partial charge in [0.05, 0.1) is 13.2 Å². The average molecular weight is 256 g/mol. The van der Waals surface area contributed by atoms with Crippen molar-refractivity contribution in [3.8, 4) is 0 Å². The van der Waals surface area contributed by atoms with Crippen molar-refractivity contribution in [3.63, 3.8) is 0 Å². The molecular weight excluding hydrogens is 224 g/mol. The fourth-order valence-corrected chi connectivity index (χ4v) is 2.27. The molecule has 1 fully saturated rings. The van der Waals surface area contributed by atoms with Crippen molar-refractivity contribution in [3.05, 3.63) is 0 Å². The van der Waals surface area contributed by atoms with E-state index in [0.717, 1.165) is 19.8 Å². The van der Waals surface area contributed by atoms with E-state index in [9.17, 15) is 0 Å². The molecule has 0 aromatic carbocycles. The van der Waals surface area contributed by atoms with E-state index in [2.05, 4.69) is 13.8 Å². The van der Waals surface area contributed by atoms with Gasteiger partial charge in [0.2, 0.25) is 0 Å². The fraction of sp³-hybridized carbons (Fsp3) is 1.00. The van der Waals surface area contributed by atoms with Gasteiger partial charge in [-0.05, 0) is 12.3 Å². The molecule has 2 heteroatoms. The van der Waals surface area contributed by atoms with Crippen molar-refractivity contribution in [2.24, 2.45) is 5.92 Å². The summed E-state index contributed by atoms with van der Waals surface area (Å²) in [5.74, 6) is 0.712. The smallest absolute Gasteiger partial charge is 0.104 e. The van der Waals surface area contributed by atoms with Crippen molar-refractivity contribution in [2.75, 3.05) is 19.8 Å². The summed E-state index contributed by atoms with van der Waals surface area (Å²) in [5, 5.41) is 0. The minimum atomic E-state index is 0.417. The number of epoxide rings is 1. The van der Waals surface area contributed by atoms with Crippen molar-refractivity contribution in [1.82, 2.24) is 0 Å². The molecule has 1 aliphatic heterocycles. The lowest BCUT2D eigenvalue weighted by Crippen LogP contribution is -2.09. The fourth-order valence-electron chi connectivity index (χ4n) is 2.27. The standard InChI is InChI=1S/C16H32O2/c1-3-4-5-6-7-8-9-10-11-15(2)12-17-13-16-14-18-16/h15-16H,3-14H2,1-2H3. The second-order valence-corrected chi connectivity index (χ2v) is 5.86. The van der Waals surface area contributed by atoms with Crippen LogP contribution in [0, 0.1) is 5.92 Å². The molecule has 108 valence electrons. The van der Waals surface area contributed by atoms with Gasteiger partial charge in [-0.2, -0.15) is 0 Å². The Labute approximate surface area is 113 Å². The molecule has 2 nitrogen and oxygen atoms in total. The molecule has 0 aliphatic carbocycles. The monoisotopic (exact) mass is 256 g/mol. The highest BCUT2D eigenvalue weighted by molar-refractivity contribution is 4.67. The van der Waals surface area contributed by atoms with Crippen molar-refractivity contribution < 1.29 is 9.47 Å². The topological polar surface area (TPSA) is 21.8 Å². The summed E-state index contributed by atoms with van der Waals surface area (Å²) in [7, 11) is 0. The summed E-state index contributed by atoms with van der Waals surface area (Å²) in [4.78, 5) is 0. The minimum absolute atomic E-state index is 0.417. The van der Waals surface area contributed by atoms with Gasteiger partial charge < -0.3 is 9.47 Å². The van der Waals surface area contributed by atoms with Crippen LogP contribution in [0.5, 0.6) is 0 Å². The zero-order chi connectivity index (χ0) is 13.1. The van der Waals surface area contributed by atoms with Crippen LogP contribution in [-0.4, -0.2) is 25.9 Å². The third-order valence-corrected chi connectivity index (χ3v) is 3.66. The Hall–Kier alpha value is -0.0800. The number of hydrogen-bond donors (Lipinski definition) is 0. The van der Waals surface area contributed by atoms with Crippen molar-refractivity contribution in [1.29, 1.82) is 0 Å². The molecule has 0 amide bonds. The van der Waals surface area contributed by atoms with Gasteiger partial charge in [0, 0.05) is 6.61 Å². The molecule has 1 saturated heterocycles. The molecule has 1 aliphatic rings. The Morgan fingerprint density at radius 3 is 2.28 bits per heavy atom. The maximum absolute atomic E-state index is 5.62. The molecular formula is C16H32O2. The maximum Gasteiger partial charge on any atom is 0.104 e. The third-order valence-electron chi connectivity index (χ3n) is 3.66. The van der Waals surface area contributed by atoms with Crippen LogP contribution in [0.1, 0.15) is 71.6 Å². The van der Waals surface area contributed by atoms with Crippen LogP contribution in [0.25, 0.3) is 0 Å². The Bertz CT molecular complexity index is 178. The van der Waals surface area contributed by atoms with Gasteiger partial charge >= 0.3 is 0 Å². The SMILES string of the molecule is CCCCCCCCCCC(C)COCC1CO1. The highest BCUT2D eigenvalue weighted by atomic mass is 16.6. The van der Waals surface area contributed by atoms with E-state index in [4.69, 9.17) is 9.47 Å². The van der Waals surface area contributed by atoms with E-state index in [-0.39, 0.29) is 0 Å². The summed E-state index contributed by atoms with van der Waals surface area (Å²) in [6.07, 6.45) is 13.0. The Morgan fingerprint density at radius 2 is 1.67 bits per heavy atom. The molecule has 0 bridgehead atoms. The van der Waals surface area contributed by atoms with Gasteiger partial charge in [-0.15, -0.1) is 0 Å². The summed E-state index contributed by atoms with van der Waals surface area (Å²) < 4.78 is 10.7. The van der Waals surface area contributed by atoms with Gasteiger partial charge in [0.1, 0.15) is 6.10 Å². The highest BCUT2D eigenvalue weighted by Gasteiger charge is 2.22. The first kappa shape index (κ1) is 16.0. The normalized spacial score (nSPS) is 20.0. The number of ether oxygens (including phenoxy) is 2. The second kappa shape index (κ2) is 10.8. The molecule has 1 heterocycles. The second-order valence-electron chi connectivity index (χ2n) is 5.86. The predicted molar refractivity (Wildman–Crippen MR) is 77.0 cm³/mol. The largest absolute Gasteiger partial charge is 0.378 e. The number of unbranched alkanes of at least 4 members (excludes halogenated alkanes) is 7. The van der Waals surface area contributed by atoms with Crippen LogP contribution in [0.3, 0.4) is 0 Å². The van der Waals surface area contributed by atoms with Gasteiger partial charge in [-0.3, -0.25) is 0 Å².